The quantitative estimate of drug-likeness (QED) is 0.835. The Kier molecular flexibility index (Phi) is 6.11. The van der Waals surface area contributed by atoms with Crippen LogP contribution in [-0.4, -0.2) is 34.3 Å². The van der Waals surface area contributed by atoms with Crippen LogP contribution in [0, 0.1) is 0 Å². The molecule has 0 saturated carbocycles. The van der Waals surface area contributed by atoms with E-state index in [1.165, 1.54) is 14.2 Å². The number of benzene rings is 2. The Morgan fingerprint density at radius 1 is 0.920 bits per heavy atom. The molecule has 0 aliphatic carbocycles. The number of para-hydroxylation sites is 1. The van der Waals surface area contributed by atoms with Gasteiger partial charge in [-0.1, -0.05) is 6.07 Å². The summed E-state index contributed by atoms with van der Waals surface area (Å²) in [5.74, 6) is 1.99. The molecular weight excluding hydrogens is 322 g/mol. The van der Waals surface area contributed by atoms with E-state index in [0.29, 0.717) is 28.6 Å². The van der Waals surface area contributed by atoms with Crippen LogP contribution in [0.4, 0.5) is 0 Å². The first-order chi connectivity index (χ1) is 12.0. The van der Waals surface area contributed by atoms with Crippen LogP contribution >= 0.6 is 0 Å². The first kappa shape index (κ1) is 18.4. The molecule has 2 aromatic carbocycles. The van der Waals surface area contributed by atoms with Crippen molar-refractivity contribution in [1.82, 2.24) is 5.32 Å². The Bertz CT molecular complexity index is 745. The van der Waals surface area contributed by atoms with E-state index in [1.54, 1.807) is 32.4 Å². The zero-order chi connectivity index (χ0) is 18.4. The average molecular weight is 345 g/mol. The summed E-state index contributed by atoms with van der Waals surface area (Å²) in [5.41, 5.74) is 1.22. The fourth-order valence-corrected chi connectivity index (χ4v) is 2.60. The molecule has 1 amide bonds. The Morgan fingerprint density at radius 3 is 2.24 bits per heavy atom. The molecule has 0 aliphatic rings. The van der Waals surface area contributed by atoms with E-state index in [9.17, 15) is 4.79 Å². The van der Waals surface area contributed by atoms with Crippen LogP contribution in [0.5, 0.6) is 23.0 Å². The number of hydrogen-bond donors (Lipinski definition) is 1. The first-order valence-electron chi connectivity index (χ1n) is 7.79. The molecule has 0 spiro atoms. The Balaban J connectivity index is 2.29. The molecule has 1 atom stereocenters. The van der Waals surface area contributed by atoms with E-state index in [0.717, 1.165) is 5.56 Å². The largest absolute Gasteiger partial charge is 0.497 e. The van der Waals surface area contributed by atoms with Crippen molar-refractivity contribution in [2.24, 2.45) is 0 Å². The summed E-state index contributed by atoms with van der Waals surface area (Å²) in [7, 11) is 6.22. The molecule has 1 N–H and O–H groups in total. The lowest BCUT2D eigenvalue weighted by molar-refractivity contribution is 0.0935. The number of hydrogen-bond acceptors (Lipinski definition) is 5. The molecule has 2 aromatic rings. The molecule has 0 aliphatic heterocycles. The second kappa shape index (κ2) is 8.28. The summed E-state index contributed by atoms with van der Waals surface area (Å²) in [5, 5.41) is 2.95. The summed E-state index contributed by atoms with van der Waals surface area (Å²) < 4.78 is 21.2. The molecule has 0 heterocycles. The van der Waals surface area contributed by atoms with Gasteiger partial charge in [-0.15, -0.1) is 0 Å². The highest BCUT2D eigenvalue weighted by atomic mass is 16.5. The van der Waals surface area contributed by atoms with Gasteiger partial charge in [-0.2, -0.15) is 0 Å². The van der Waals surface area contributed by atoms with Gasteiger partial charge in [0, 0.05) is 5.56 Å². The third kappa shape index (κ3) is 3.96. The predicted octanol–water partition coefficient (Wildman–Crippen LogP) is 3.21. The van der Waals surface area contributed by atoms with E-state index in [2.05, 4.69) is 5.32 Å². The number of amides is 1. The number of carbonyl (C=O) groups is 1. The van der Waals surface area contributed by atoms with Crippen molar-refractivity contribution in [3.63, 3.8) is 0 Å². The average Bonchev–Trinajstić information content (AvgIpc) is 2.66. The van der Waals surface area contributed by atoms with Gasteiger partial charge in [0.2, 0.25) is 0 Å². The summed E-state index contributed by atoms with van der Waals surface area (Å²) in [6.45, 7) is 1.88. The highest BCUT2D eigenvalue weighted by molar-refractivity contribution is 5.98. The molecule has 6 heteroatoms. The number of nitrogens with one attached hydrogen (secondary N) is 1. The number of methoxy groups -OCH3 is 4. The lowest BCUT2D eigenvalue weighted by atomic mass is 10.1. The minimum atomic E-state index is -0.298. The molecule has 0 radical (unpaired) electrons. The van der Waals surface area contributed by atoms with Crippen molar-refractivity contribution >= 4 is 5.91 Å². The third-order valence-corrected chi connectivity index (χ3v) is 3.90. The van der Waals surface area contributed by atoms with E-state index in [1.807, 2.05) is 25.1 Å². The van der Waals surface area contributed by atoms with Crippen molar-refractivity contribution in [3.8, 4) is 23.0 Å². The van der Waals surface area contributed by atoms with Gasteiger partial charge >= 0.3 is 0 Å². The third-order valence-electron chi connectivity index (χ3n) is 3.90. The van der Waals surface area contributed by atoms with Crippen molar-refractivity contribution in [1.29, 1.82) is 0 Å². The molecule has 0 aromatic heterocycles. The second-order valence-electron chi connectivity index (χ2n) is 5.34. The standard InChI is InChI=1S/C19H23NO5/c1-12(15-11-13(22-2)9-10-16(15)23-3)20-19(21)14-7-6-8-17(24-4)18(14)25-5/h6-12H,1-5H3,(H,20,21)/t12-/m0/s1. The van der Waals surface area contributed by atoms with Crippen molar-refractivity contribution in [2.75, 3.05) is 28.4 Å². The second-order valence-corrected chi connectivity index (χ2v) is 5.34. The molecule has 25 heavy (non-hydrogen) atoms. The molecule has 6 nitrogen and oxygen atoms in total. The maximum atomic E-state index is 12.7. The molecule has 0 saturated heterocycles. The van der Waals surface area contributed by atoms with Crippen molar-refractivity contribution in [2.45, 2.75) is 13.0 Å². The Morgan fingerprint density at radius 2 is 1.64 bits per heavy atom. The van der Waals surface area contributed by atoms with Crippen LogP contribution in [0.25, 0.3) is 0 Å². The van der Waals surface area contributed by atoms with Crippen LogP contribution in [0.1, 0.15) is 28.9 Å². The monoisotopic (exact) mass is 345 g/mol. The number of rotatable bonds is 7. The SMILES string of the molecule is COc1ccc(OC)c([C@H](C)NC(=O)c2cccc(OC)c2OC)c1. The maximum absolute atomic E-state index is 12.7. The predicted molar refractivity (Wildman–Crippen MR) is 95.0 cm³/mol. The van der Waals surface area contributed by atoms with E-state index < -0.39 is 0 Å². The Labute approximate surface area is 147 Å². The van der Waals surface area contributed by atoms with Gasteiger partial charge < -0.3 is 24.3 Å². The van der Waals surface area contributed by atoms with Crippen LogP contribution in [-0.2, 0) is 0 Å². The fraction of sp³-hybridized carbons (Fsp3) is 0.316. The van der Waals surface area contributed by atoms with Crippen molar-refractivity contribution in [3.05, 3.63) is 47.5 Å². The summed E-state index contributed by atoms with van der Waals surface area (Å²) in [4.78, 5) is 12.7. The van der Waals surface area contributed by atoms with Crippen LogP contribution in [0.15, 0.2) is 36.4 Å². The maximum Gasteiger partial charge on any atom is 0.255 e. The lowest BCUT2D eigenvalue weighted by Crippen LogP contribution is -2.27. The van der Waals surface area contributed by atoms with Crippen LogP contribution in [0.2, 0.25) is 0 Å². The lowest BCUT2D eigenvalue weighted by Gasteiger charge is -2.19. The molecule has 2 rings (SSSR count). The smallest absolute Gasteiger partial charge is 0.255 e. The summed E-state index contributed by atoms with van der Waals surface area (Å²) >= 11 is 0. The van der Waals surface area contributed by atoms with Gasteiger partial charge in [0.25, 0.3) is 5.91 Å². The summed E-state index contributed by atoms with van der Waals surface area (Å²) in [6.07, 6.45) is 0. The highest BCUT2D eigenvalue weighted by Crippen LogP contribution is 2.32. The van der Waals surface area contributed by atoms with Crippen LogP contribution in [0.3, 0.4) is 0 Å². The normalized spacial score (nSPS) is 11.4. The zero-order valence-corrected chi connectivity index (χ0v) is 15.1. The molecular formula is C19H23NO5. The minimum Gasteiger partial charge on any atom is -0.497 e. The zero-order valence-electron chi connectivity index (χ0n) is 15.1. The topological polar surface area (TPSA) is 66.0 Å². The summed E-state index contributed by atoms with van der Waals surface area (Å²) in [6, 6.07) is 10.3. The van der Waals surface area contributed by atoms with Gasteiger partial charge in [0.15, 0.2) is 11.5 Å². The van der Waals surface area contributed by atoms with Gasteiger partial charge in [-0.3, -0.25) is 4.79 Å². The molecule has 0 unspecified atom stereocenters. The molecule has 134 valence electrons. The van der Waals surface area contributed by atoms with Gasteiger partial charge in [-0.05, 0) is 37.3 Å². The van der Waals surface area contributed by atoms with Crippen LogP contribution < -0.4 is 24.3 Å². The minimum absolute atomic E-state index is 0.270. The number of ether oxygens (including phenoxy) is 4. The van der Waals surface area contributed by atoms with E-state index in [4.69, 9.17) is 18.9 Å². The first-order valence-corrected chi connectivity index (χ1v) is 7.79. The fourth-order valence-electron chi connectivity index (χ4n) is 2.60. The van der Waals surface area contributed by atoms with E-state index in [-0.39, 0.29) is 11.9 Å². The molecule has 0 fully saturated rings. The van der Waals surface area contributed by atoms with Gasteiger partial charge in [0.1, 0.15) is 11.5 Å². The van der Waals surface area contributed by atoms with Gasteiger partial charge in [-0.25, -0.2) is 0 Å². The van der Waals surface area contributed by atoms with Gasteiger partial charge in [0.05, 0.1) is 40.0 Å². The molecule has 0 bridgehead atoms. The van der Waals surface area contributed by atoms with E-state index >= 15 is 0 Å². The van der Waals surface area contributed by atoms with Crippen molar-refractivity contribution < 1.29 is 23.7 Å². The highest BCUT2D eigenvalue weighted by Gasteiger charge is 2.20. The Hall–Kier alpha value is -2.89. The number of carbonyl (C=O) groups excluding carboxylic acids is 1.